The Balaban J connectivity index is 2.09. The van der Waals surface area contributed by atoms with Crippen LogP contribution in [0, 0.1) is 0 Å². The summed E-state index contributed by atoms with van der Waals surface area (Å²) in [5, 5.41) is 3.39. The van der Waals surface area contributed by atoms with Crippen LogP contribution in [0.1, 0.15) is 32.7 Å². The second-order valence-electron chi connectivity index (χ2n) is 4.33. The molecule has 0 spiro atoms. The van der Waals surface area contributed by atoms with E-state index in [9.17, 15) is 0 Å². The minimum absolute atomic E-state index is 0.447. The normalized spacial score (nSPS) is 21.9. The Morgan fingerprint density at radius 3 is 3.13 bits per heavy atom. The highest BCUT2D eigenvalue weighted by atomic mass is 32.2. The van der Waals surface area contributed by atoms with Crippen molar-refractivity contribution in [2.24, 2.45) is 0 Å². The van der Waals surface area contributed by atoms with Gasteiger partial charge in [-0.1, -0.05) is 0 Å². The molecule has 3 nitrogen and oxygen atoms in total. The molecule has 0 saturated carbocycles. The van der Waals surface area contributed by atoms with Gasteiger partial charge in [-0.2, -0.15) is 11.8 Å². The molecule has 0 bridgehead atoms. The van der Waals surface area contributed by atoms with E-state index in [0.29, 0.717) is 12.1 Å². The fourth-order valence-electron chi connectivity index (χ4n) is 1.92. The molecule has 0 radical (unpaired) electrons. The molecule has 1 aromatic heterocycles. The highest BCUT2D eigenvalue weighted by molar-refractivity contribution is 7.99. The summed E-state index contributed by atoms with van der Waals surface area (Å²) in [5.41, 5.74) is 0. The number of anilines is 1. The predicted octanol–water partition coefficient (Wildman–Crippen LogP) is 2.77. The van der Waals surface area contributed by atoms with Gasteiger partial charge in [0, 0.05) is 30.2 Å². The van der Waals surface area contributed by atoms with Crippen molar-refractivity contribution in [1.29, 1.82) is 0 Å². The van der Waals surface area contributed by atoms with Crippen LogP contribution in [0.2, 0.25) is 0 Å². The van der Waals surface area contributed by atoms with Gasteiger partial charge in [-0.3, -0.25) is 0 Å². The molecule has 1 N–H and O–H groups in total. The zero-order chi connectivity index (χ0) is 10.7. The third-order valence-corrected chi connectivity index (χ3v) is 3.81. The molecule has 1 aliphatic rings. The second kappa shape index (κ2) is 4.92. The van der Waals surface area contributed by atoms with Crippen LogP contribution in [0.5, 0.6) is 0 Å². The predicted molar refractivity (Wildman–Crippen MR) is 66.6 cm³/mol. The van der Waals surface area contributed by atoms with Gasteiger partial charge in [-0.05, 0) is 32.4 Å². The van der Waals surface area contributed by atoms with E-state index in [1.54, 1.807) is 0 Å². The largest absolute Gasteiger partial charge is 0.353 e. The number of nitrogens with zero attached hydrogens (tertiary/aromatic N) is 2. The average molecular weight is 225 g/mol. The fourth-order valence-corrected chi connectivity index (χ4v) is 3.06. The molecule has 1 saturated heterocycles. The summed E-state index contributed by atoms with van der Waals surface area (Å²) in [5.74, 6) is 3.57. The highest BCUT2D eigenvalue weighted by Gasteiger charge is 2.18. The first-order chi connectivity index (χ1) is 7.27. The first-order valence-electron chi connectivity index (χ1n) is 5.64. The zero-order valence-corrected chi connectivity index (χ0v) is 10.3. The van der Waals surface area contributed by atoms with E-state index in [1.807, 2.05) is 6.20 Å². The topological polar surface area (TPSA) is 29.9 Å². The van der Waals surface area contributed by atoms with Gasteiger partial charge < -0.3 is 9.88 Å². The van der Waals surface area contributed by atoms with E-state index in [2.05, 4.69) is 46.7 Å². The second-order valence-corrected chi connectivity index (χ2v) is 5.48. The molecule has 1 atom stereocenters. The van der Waals surface area contributed by atoms with Crippen molar-refractivity contribution in [3.63, 3.8) is 0 Å². The molecule has 0 aromatic carbocycles. The summed E-state index contributed by atoms with van der Waals surface area (Å²) < 4.78 is 2.30. The van der Waals surface area contributed by atoms with Crippen LogP contribution in [0.15, 0.2) is 12.4 Å². The zero-order valence-electron chi connectivity index (χ0n) is 9.44. The Morgan fingerprint density at radius 1 is 1.60 bits per heavy atom. The Bertz CT molecular complexity index is 303. The van der Waals surface area contributed by atoms with Crippen LogP contribution in [-0.2, 0) is 0 Å². The minimum atomic E-state index is 0.447. The molecule has 2 heterocycles. The number of nitrogens with one attached hydrogen (secondary N) is 1. The van der Waals surface area contributed by atoms with Crippen molar-refractivity contribution in [2.45, 2.75) is 38.8 Å². The third-order valence-electron chi connectivity index (χ3n) is 2.62. The molecule has 84 valence electrons. The summed E-state index contributed by atoms with van der Waals surface area (Å²) >= 11 is 2.05. The smallest absolute Gasteiger partial charge is 0.203 e. The molecule has 2 rings (SSSR count). The Morgan fingerprint density at radius 2 is 2.47 bits per heavy atom. The van der Waals surface area contributed by atoms with Crippen LogP contribution in [-0.4, -0.2) is 27.1 Å². The van der Waals surface area contributed by atoms with Gasteiger partial charge in [-0.15, -0.1) is 0 Å². The summed E-state index contributed by atoms with van der Waals surface area (Å²) in [6.45, 7) is 4.29. The van der Waals surface area contributed by atoms with Crippen LogP contribution in [0.4, 0.5) is 5.95 Å². The number of thioether (sulfide) groups is 1. The van der Waals surface area contributed by atoms with Gasteiger partial charge in [0.25, 0.3) is 0 Å². The molecule has 1 fully saturated rings. The quantitative estimate of drug-likeness (QED) is 0.858. The molecule has 1 unspecified atom stereocenters. The monoisotopic (exact) mass is 225 g/mol. The van der Waals surface area contributed by atoms with Gasteiger partial charge >= 0.3 is 0 Å². The van der Waals surface area contributed by atoms with Gasteiger partial charge in [0.15, 0.2) is 0 Å². The summed E-state index contributed by atoms with van der Waals surface area (Å²) in [4.78, 5) is 4.37. The molecular formula is C11H19N3S. The molecular weight excluding hydrogens is 206 g/mol. The summed E-state index contributed by atoms with van der Waals surface area (Å²) in [6.07, 6.45) is 6.61. The molecule has 1 aromatic rings. The van der Waals surface area contributed by atoms with Gasteiger partial charge in [0.1, 0.15) is 0 Å². The van der Waals surface area contributed by atoms with Crippen molar-refractivity contribution in [3.05, 3.63) is 12.4 Å². The lowest BCUT2D eigenvalue weighted by atomic mass is 10.2. The number of imidazole rings is 1. The Labute approximate surface area is 95.7 Å². The van der Waals surface area contributed by atoms with Crippen LogP contribution in [0.3, 0.4) is 0 Å². The molecule has 0 amide bonds. The third kappa shape index (κ3) is 2.68. The number of hydrogen-bond acceptors (Lipinski definition) is 3. The van der Waals surface area contributed by atoms with Crippen molar-refractivity contribution in [3.8, 4) is 0 Å². The van der Waals surface area contributed by atoms with Crippen molar-refractivity contribution in [1.82, 2.24) is 9.55 Å². The summed E-state index contributed by atoms with van der Waals surface area (Å²) in [6, 6.07) is 1.08. The van der Waals surface area contributed by atoms with E-state index in [1.165, 1.54) is 24.3 Å². The average Bonchev–Trinajstić information content (AvgIpc) is 2.66. The van der Waals surface area contributed by atoms with Crippen molar-refractivity contribution >= 4 is 17.7 Å². The lowest BCUT2D eigenvalue weighted by molar-refractivity contribution is 0.502. The van der Waals surface area contributed by atoms with Crippen LogP contribution in [0.25, 0.3) is 0 Å². The lowest BCUT2D eigenvalue weighted by Crippen LogP contribution is -2.20. The standard InChI is InChI=1S/C11H19N3S/c1-9(2)13-11-12-5-6-14(11)10-4-3-7-15-8-10/h5-6,9-10H,3-4,7-8H2,1-2H3,(H,12,13). The van der Waals surface area contributed by atoms with Gasteiger partial charge in [0.05, 0.1) is 0 Å². The number of rotatable bonds is 3. The fraction of sp³-hybridized carbons (Fsp3) is 0.727. The van der Waals surface area contributed by atoms with E-state index in [-0.39, 0.29) is 0 Å². The minimum Gasteiger partial charge on any atom is -0.353 e. The molecule has 1 aliphatic heterocycles. The van der Waals surface area contributed by atoms with Gasteiger partial charge in [0.2, 0.25) is 5.95 Å². The molecule has 15 heavy (non-hydrogen) atoms. The Hall–Kier alpha value is -0.640. The molecule has 4 heteroatoms. The van der Waals surface area contributed by atoms with E-state index >= 15 is 0 Å². The van der Waals surface area contributed by atoms with Crippen molar-refractivity contribution < 1.29 is 0 Å². The maximum absolute atomic E-state index is 4.37. The highest BCUT2D eigenvalue weighted by Crippen LogP contribution is 2.28. The number of hydrogen-bond donors (Lipinski definition) is 1. The Kier molecular flexibility index (Phi) is 3.57. The van der Waals surface area contributed by atoms with E-state index in [0.717, 1.165) is 5.95 Å². The van der Waals surface area contributed by atoms with Crippen molar-refractivity contribution in [2.75, 3.05) is 16.8 Å². The first kappa shape index (κ1) is 10.9. The van der Waals surface area contributed by atoms with E-state index < -0.39 is 0 Å². The maximum atomic E-state index is 4.37. The van der Waals surface area contributed by atoms with Crippen LogP contribution >= 0.6 is 11.8 Å². The summed E-state index contributed by atoms with van der Waals surface area (Å²) in [7, 11) is 0. The van der Waals surface area contributed by atoms with Crippen LogP contribution < -0.4 is 5.32 Å². The number of aromatic nitrogens is 2. The first-order valence-corrected chi connectivity index (χ1v) is 6.80. The van der Waals surface area contributed by atoms with Gasteiger partial charge in [-0.25, -0.2) is 4.98 Å². The molecule has 0 aliphatic carbocycles. The van der Waals surface area contributed by atoms with E-state index in [4.69, 9.17) is 0 Å². The lowest BCUT2D eigenvalue weighted by Gasteiger charge is -2.25. The SMILES string of the molecule is CC(C)Nc1nccn1C1CCCSC1. The maximum Gasteiger partial charge on any atom is 0.203 e.